The Morgan fingerprint density at radius 2 is 2.04 bits per heavy atom. The molecule has 0 amide bonds. The van der Waals surface area contributed by atoms with Crippen LogP contribution in [0.5, 0.6) is 5.88 Å². The van der Waals surface area contributed by atoms with Crippen molar-refractivity contribution in [3.8, 4) is 5.88 Å². The van der Waals surface area contributed by atoms with Gasteiger partial charge in [-0.25, -0.2) is 4.79 Å². The number of aromatic amines is 1. The molecule has 0 aliphatic carbocycles. The Hall–Kier alpha value is -2.50. The van der Waals surface area contributed by atoms with Crippen LogP contribution in [0.4, 0.5) is 5.69 Å². The molecule has 7 heteroatoms. The van der Waals surface area contributed by atoms with Gasteiger partial charge in [0.1, 0.15) is 0 Å². The second-order valence-corrected chi connectivity index (χ2v) is 5.84. The molecule has 0 bridgehead atoms. The van der Waals surface area contributed by atoms with E-state index in [1.165, 1.54) is 19.4 Å². The number of aromatic hydroxyl groups is 1. The number of aromatic nitrogens is 1. The first-order valence-corrected chi connectivity index (χ1v) is 7.67. The summed E-state index contributed by atoms with van der Waals surface area (Å²) in [4.78, 5) is 18.7. The van der Waals surface area contributed by atoms with Gasteiger partial charge in [0.2, 0.25) is 0 Å². The average Bonchev–Trinajstić information content (AvgIpc) is 2.88. The summed E-state index contributed by atoms with van der Waals surface area (Å²) in [5, 5.41) is 11.7. The third-order valence-corrected chi connectivity index (χ3v) is 4.03. The summed E-state index contributed by atoms with van der Waals surface area (Å²) in [5.74, 6) is -0.513. The van der Waals surface area contributed by atoms with E-state index in [2.05, 4.69) is 14.7 Å². The van der Waals surface area contributed by atoms with Gasteiger partial charge in [-0.3, -0.25) is 4.99 Å². The lowest BCUT2D eigenvalue weighted by Crippen LogP contribution is -2.00. The lowest BCUT2D eigenvalue weighted by Gasteiger charge is -2.02. The third-order valence-electron chi connectivity index (χ3n) is 3.48. The Balaban J connectivity index is 2.04. The molecule has 1 heterocycles. The van der Waals surface area contributed by atoms with Crippen LogP contribution < -0.4 is 0 Å². The first kappa shape index (κ1) is 16.4. The molecule has 0 aliphatic rings. The lowest BCUT2D eigenvalue weighted by atomic mass is 10.2. The zero-order valence-electron chi connectivity index (χ0n) is 12.5. The normalized spacial score (nSPS) is 11.3. The maximum Gasteiger partial charge on any atom is 0.337 e. The molecule has 0 unspecified atom stereocenters. The molecule has 24 heavy (non-hydrogen) atoms. The number of rotatable bonds is 3. The van der Waals surface area contributed by atoms with Crippen molar-refractivity contribution < 1.29 is 14.6 Å². The molecule has 0 saturated heterocycles. The summed E-state index contributed by atoms with van der Waals surface area (Å²) in [7, 11) is 1.30. The van der Waals surface area contributed by atoms with Crippen molar-refractivity contribution in [2.75, 3.05) is 7.11 Å². The SMILES string of the molecule is COC(=O)c1ccc(Cl)c(N=Cc2c(O)[nH]c3ccc(Cl)cc23)c1. The number of H-pyrrole nitrogens is 1. The number of ether oxygens (including phenoxy) is 1. The van der Waals surface area contributed by atoms with Gasteiger partial charge in [0.05, 0.1) is 28.9 Å². The fraction of sp³-hybridized carbons (Fsp3) is 0.0588. The van der Waals surface area contributed by atoms with Gasteiger partial charge in [-0.1, -0.05) is 23.2 Å². The zero-order valence-corrected chi connectivity index (χ0v) is 14.0. The minimum absolute atomic E-state index is 0.0312. The van der Waals surface area contributed by atoms with Crippen LogP contribution in [0, 0.1) is 0 Å². The molecule has 3 aromatic rings. The van der Waals surface area contributed by atoms with Crippen LogP contribution in [-0.2, 0) is 4.74 Å². The molecule has 2 aromatic carbocycles. The first-order valence-electron chi connectivity index (χ1n) is 6.91. The number of nitrogens with zero attached hydrogens (tertiary/aromatic N) is 1. The Kier molecular flexibility index (Phi) is 4.46. The first-order chi connectivity index (χ1) is 11.5. The largest absolute Gasteiger partial charge is 0.494 e. The number of fused-ring (bicyclic) bond motifs is 1. The Labute approximate surface area is 147 Å². The molecule has 122 valence electrons. The smallest absolute Gasteiger partial charge is 0.337 e. The number of halogens is 2. The van der Waals surface area contributed by atoms with E-state index in [9.17, 15) is 9.90 Å². The molecule has 5 nitrogen and oxygen atoms in total. The van der Waals surface area contributed by atoms with Crippen molar-refractivity contribution in [2.45, 2.75) is 0 Å². The number of carbonyl (C=O) groups is 1. The number of esters is 1. The summed E-state index contributed by atoms with van der Waals surface area (Å²) in [6, 6.07) is 9.84. The summed E-state index contributed by atoms with van der Waals surface area (Å²) in [6.45, 7) is 0. The molecular weight excluding hydrogens is 351 g/mol. The number of hydrogen-bond acceptors (Lipinski definition) is 4. The predicted octanol–water partition coefficient (Wildman–Crippen LogP) is 4.72. The van der Waals surface area contributed by atoms with E-state index in [1.807, 2.05) is 0 Å². The molecule has 0 spiro atoms. The summed E-state index contributed by atoms with van der Waals surface area (Å²) >= 11 is 12.1. The molecule has 1 aromatic heterocycles. The molecule has 0 radical (unpaired) electrons. The van der Waals surface area contributed by atoms with Crippen LogP contribution in [0.25, 0.3) is 10.9 Å². The van der Waals surface area contributed by atoms with E-state index in [1.54, 1.807) is 30.3 Å². The van der Waals surface area contributed by atoms with E-state index >= 15 is 0 Å². The summed E-state index contributed by atoms with van der Waals surface area (Å²) < 4.78 is 4.68. The maximum atomic E-state index is 11.6. The van der Waals surface area contributed by atoms with Crippen molar-refractivity contribution >= 4 is 52.0 Å². The van der Waals surface area contributed by atoms with Gasteiger partial charge in [0.15, 0.2) is 5.88 Å². The predicted molar refractivity (Wildman–Crippen MR) is 95.0 cm³/mol. The molecule has 0 aliphatic heterocycles. The highest BCUT2D eigenvalue weighted by molar-refractivity contribution is 6.33. The topological polar surface area (TPSA) is 74.7 Å². The van der Waals surface area contributed by atoms with E-state index < -0.39 is 5.97 Å². The van der Waals surface area contributed by atoms with Gasteiger partial charge in [-0.05, 0) is 36.4 Å². The Morgan fingerprint density at radius 3 is 2.79 bits per heavy atom. The third kappa shape index (κ3) is 3.09. The minimum atomic E-state index is -0.482. The lowest BCUT2D eigenvalue weighted by molar-refractivity contribution is 0.0601. The summed E-state index contributed by atoms with van der Waals surface area (Å²) in [5.41, 5.74) is 1.93. The minimum Gasteiger partial charge on any atom is -0.494 e. The Bertz CT molecular complexity index is 964. The van der Waals surface area contributed by atoms with Gasteiger partial charge < -0.3 is 14.8 Å². The van der Waals surface area contributed by atoms with Crippen LogP contribution in [0.15, 0.2) is 41.4 Å². The average molecular weight is 363 g/mol. The quantitative estimate of drug-likeness (QED) is 0.522. The van der Waals surface area contributed by atoms with Crippen LogP contribution in [0.2, 0.25) is 10.0 Å². The van der Waals surface area contributed by atoms with E-state index in [0.29, 0.717) is 26.9 Å². The Morgan fingerprint density at radius 1 is 1.25 bits per heavy atom. The van der Waals surface area contributed by atoms with Crippen molar-refractivity contribution in [1.29, 1.82) is 0 Å². The van der Waals surface area contributed by atoms with Crippen LogP contribution in [-0.4, -0.2) is 29.4 Å². The zero-order chi connectivity index (χ0) is 17.3. The molecule has 0 atom stereocenters. The number of hydrogen-bond donors (Lipinski definition) is 2. The number of carbonyl (C=O) groups excluding carboxylic acids is 1. The molecular formula is C17H12Cl2N2O3. The summed E-state index contributed by atoms with van der Waals surface area (Å²) in [6.07, 6.45) is 1.47. The maximum absolute atomic E-state index is 11.6. The number of nitrogens with one attached hydrogen (secondary N) is 1. The standard InChI is InChI=1S/C17H12Cl2N2O3/c1-24-17(23)9-2-4-13(19)15(6-9)20-8-12-11-7-10(18)3-5-14(11)21-16(12)22/h2-8,21-22H,1H3. The van der Waals surface area contributed by atoms with E-state index in [-0.39, 0.29) is 5.88 Å². The molecule has 0 saturated carbocycles. The fourth-order valence-electron chi connectivity index (χ4n) is 2.29. The van der Waals surface area contributed by atoms with Crippen LogP contribution >= 0.6 is 23.2 Å². The van der Waals surface area contributed by atoms with Gasteiger partial charge >= 0.3 is 5.97 Å². The van der Waals surface area contributed by atoms with Gasteiger partial charge in [-0.15, -0.1) is 0 Å². The van der Waals surface area contributed by atoms with Gasteiger partial charge in [0, 0.05) is 22.1 Å². The highest BCUT2D eigenvalue weighted by Gasteiger charge is 2.11. The van der Waals surface area contributed by atoms with E-state index in [4.69, 9.17) is 23.2 Å². The van der Waals surface area contributed by atoms with Crippen molar-refractivity contribution in [2.24, 2.45) is 4.99 Å². The van der Waals surface area contributed by atoms with Crippen molar-refractivity contribution in [3.05, 3.63) is 57.6 Å². The fourth-order valence-corrected chi connectivity index (χ4v) is 2.63. The van der Waals surface area contributed by atoms with E-state index in [0.717, 1.165) is 10.9 Å². The monoisotopic (exact) mass is 362 g/mol. The molecule has 0 fully saturated rings. The number of benzene rings is 2. The van der Waals surface area contributed by atoms with Crippen molar-refractivity contribution in [3.63, 3.8) is 0 Å². The number of aliphatic imine (C=N–C) groups is 1. The van der Waals surface area contributed by atoms with Crippen LogP contribution in [0.3, 0.4) is 0 Å². The highest BCUT2D eigenvalue weighted by Crippen LogP contribution is 2.30. The second-order valence-electron chi connectivity index (χ2n) is 4.99. The molecule has 2 N–H and O–H groups in total. The van der Waals surface area contributed by atoms with Gasteiger partial charge in [-0.2, -0.15) is 0 Å². The number of methoxy groups -OCH3 is 1. The van der Waals surface area contributed by atoms with Crippen LogP contribution in [0.1, 0.15) is 15.9 Å². The second kappa shape index (κ2) is 6.55. The van der Waals surface area contributed by atoms with Gasteiger partial charge in [0.25, 0.3) is 0 Å². The molecule has 3 rings (SSSR count). The van der Waals surface area contributed by atoms with Crippen molar-refractivity contribution in [1.82, 2.24) is 4.98 Å². The highest BCUT2D eigenvalue weighted by atomic mass is 35.5.